The summed E-state index contributed by atoms with van der Waals surface area (Å²) in [5, 5.41) is 0. The van der Waals surface area contributed by atoms with Crippen molar-refractivity contribution < 1.29 is 26.1 Å². The number of hydrogen-bond acceptors (Lipinski definition) is 3. The molecular formula is C22H21F3O3S2. The maximum absolute atomic E-state index is 10.7. The van der Waals surface area contributed by atoms with E-state index < -0.39 is 15.6 Å². The third-order valence-corrected chi connectivity index (χ3v) is 6.87. The van der Waals surface area contributed by atoms with E-state index in [1.165, 1.54) is 20.2 Å². The van der Waals surface area contributed by atoms with Crippen molar-refractivity contribution in [2.45, 2.75) is 40.0 Å². The molecule has 3 aromatic rings. The zero-order valence-corrected chi connectivity index (χ0v) is 18.0. The first-order valence-corrected chi connectivity index (χ1v) is 11.6. The molecule has 0 radical (unpaired) electrons. The monoisotopic (exact) mass is 454 g/mol. The molecule has 3 nitrogen and oxygen atoms in total. The molecule has 160 valence electrons. The lowest BCUT2D eigenvalue weighted by Gasteiger charge is -2.13. The molecule has 0 aliphatic heterocycles. The summed E-state index contributed by atoms with van der Waals surface area (Å²) in [4.78, 5) is 4.19. The molecule has 3 rings (SSSR count). The van der Waals surface area contributed by atoms with Crippen LogP contribution in [0.25, 0.3) is 0 Å². The minimum Gasteiger partial charge on any atom is -0.741 e. The first-order chi connectivity index (χ1) is 14.0. The average molecular weight is 455 g/mol. The molecule has 0 unspecified atom stereocenters. The van der Waals surface area contributed by atoms with E-state index in [9.17, 15) is 13.2 Å². The normalized spacial score (nSPS) is 11.9. The van der Waals surface area contributed by atoms with Crippen molar-refractivity contribution in [2.75, 3.05) is 0 Å². The van der Waals surface area contributed by atoms with Crippen LogP contribution in [-0.2, 0) is 21.0 Å². The van der Waals surface area contributed by atoms with Crippen molar-refractivity contribution >= 4 is 21.0 Å². The molecule has 0 spiro atoms. The summed E-state index contributed by atoms with van der Waals surface area (Å²) in [5.41, 5.74) is -4.20. The Morgan fingerprint density at radius 2 is 1.13 bits per heavy atom. The van der Waals surface area contributed by atoms with Gasteiger partial charge >= 0.3 is 5.51 Å². The van der Waals surface area contributed by atoms with Gasteiger partial charge in [-0.2, -0.15) is 13.2 Å². The SMILES string of the molecule is CC(C)c1ccccc1[S+](c1ccccc1)c1ccccc1.O=S(=O)([O-])C(F)(F)F. The van der Waals surface area contributed by atoms with Gasteiger partial charge in [0.1, 0.15) is 0 Å². The maximum atomic E-state index is 10.7. The molecule has 0 saturated heterocycles. The fourth-order valence-electron chi connectivity index (χ4n) is 2.65. The highest BCUT2D eigenvalue weighted by Gasteiger charge is 2.37. The highest BCUT2D eigenvalue weighted by atomic mass is 32.2. The van der Waals surface area contributed by atoms with E-state index in [2.05, 4.69) is 98.8 Å². The van der Waals surface area contributed by atoms with Crippen molar-refractivity contribution in [1.29, 1.82) is 0 Å². The van der Waals surface area contributed by atoms with Crippen LogP contribution in [0.4, 0.5) is 13.2 Å². The van der Waals surface area contributed by atoms with Gasteiger partial charge in [0.25, 0.3) is 0 Å². The minimum atomic E-state index is -6.09. The third-order valence-electron chi connectivity index (χ3n) is 4.00. The van der Waals surface area contributed by atoms with Gasteiger partial charge in [0, 0.05) is 5.56 Å². The van der Waals surface area contributed by atoms with Gasteiger partial charge in [0.15, 0.2) is 24.8 Å². The molecule has 3 aromatic carbocycles. The topological polar surface area (TPSA) is 57.2 Å². The molecule has 0 amide bonds. The molecule has 0 aliphatic carbocycles. The van der Waals surface area contributed by atoms with Crippen LogP contribution in [0.1, 0.15) is 25.3 Å². The second kappa shape index (κ2) is 10.1. The van der Waals surface area contributed by atoms with E-state index in [0.717, 1.165) is 0 Å². The molecule has 0 N–H and O–H groups in total. The molecule has 0 aromatic heterocycles. The Balaban J connectivity index is 0.000000343. The van der Waals surface area contributed by atoms with Gasteiger partial charge in [0.05, 0.1) is 10.9 Å². The Morgan fingerprint density at radius 1 is 0.767 bits per heavy atom. The summed E-state index contributed by atoms with van der Waals surface area (Å²) in [6.07, 6.45) is 0. The van der Waals surface area contributed by atoms with Gasteiger partial charge in [-0.25, -0.2) is 8.42 Å². The number of alkyl halides is 3. The van der Waals surface area contributed by atoms with Crippen molar-refractivity contribution in [3.05, 3.63) is 90.5 Å². The van der Waals surface area contributed by atoms with E-state index in [0.29, 0.717) is 5.92 Å². The van der Waals surface area contributed by atoms with Crippen LogP contribution < -0.4 is 0 Å². The third kappa shape index (κ3) is 6.35. The van der Waals surface area contributed by atoms with Crippen LogP contribution in [0.2, 0.25) is 0 Å². The minimum absolute atomic E-state index is 0.0468. The Labute approximate surface area is 177 Å². The molecule has 0 saturated carbocycles. The summed E-state index contributed by atoms with van der Waals surface area (Å²) >= 11 is 0. The summed E-state index contributed by atoms with van der Waals surface area (Å²) < 4.78 is 58.9. The Bertz CT molecular complexity index is 996. The van der Waals surface area contributed by atoms with Gasteiger partial charge in [-0.15, -0.1) is 0 Å². The first kappa shape index (κ1) is 24.0. The van der Waals surface area contributed by atoms with E-state index in [1.807, 2.05) is 0 Å². The van der Waals surface area contributed by atoms with Gasteiger partial charge in [0.2, 0.25) is 0 Å². The Morgan fingerprint density at radius 3 is 1.50 bits per heavy atom. The largest absolute Gasteiger partial charge is 0.741 e. The first-order valence-electron chi connectivity index (χ1n) is 8.98. The van der Waals surface area contributed by atoms with Gasteiger partial charge in [-0.05, 0) is 36.2 Å². The molecule has 0 atom stereocenters. The molecule has 0 heterocycles. The van der Waals surface area contributed by atoms with E-state index in [4.69, 9.17) is 13.0 Å². The highest BCUT2D eigenvalue weighted by Crippen LogP contribution is 2.35. The number of rotatable bonds is 4. The second-order valence-electron chi connectivity index (χ2n) is 6.52. The van der Waals surface area contributed by atoms with Crippen molar-refractivity contribution in [3.8, 4) is 0 Å². The van der Waals surface area contributed by atoms with Crippen molar-refractivity contribution in [2.24, 2.45) is 0 Å². The van der Waals surface area contributed by atoms with Crippen LogP contribution in [0.3, 0.4) is 0 Å². The molecule has 0 aliphatic rings. The Hall–Kier alpha value is -2.29. The van der Waals surface area contributed by atoms with E-state index in [1.54, 1.807) is 0 Å². The van der Waals surface area contributed by atoms with Crippen LogP contribution in [0.15, 0.2) is 99.6 Å². The molecular weight excluding hydrogens is 433 g/mol. The fourth-order valence-corrected chi connectivity index (χ4v) is 5.04. The summed E-state index contributed by atoms with van der Waals surface area (Å²) in [6, 6.07) is 30.6. The van der Waals surface area contributed by atoms with Gasteiger partial charge in [-0.3, -0.25) is 0 Å². The lowest BCUT2D eigenvalue weighted by atomic mass is 10.0. The smallest absolute Gasteiger partial charge is 0.485 e. The quantitative estimate of drug-likeness (QED) is 0.278. The molecule has 0 bridgehead atoms. The Kier molecular flexibility index (Phi) is 8.11. The summed E-state index contributed by atoms with van der Waals surface area (Å²) in [5.74, 6) is 0.527. The number of hydrogen-bond donors (Lipinski definition) is 0. The average Bonchev–Trinajstić information content (AvgIpc) is 2.69. The van der Waals surface area contributed by atoms with Crippen LogP contribution >= 0.6 is 0 Å². The van der Waals surface area contributed by atoms with Crippen molar-refractivity contribution in [3.63, 3.8) is 0 Å². The van der Waals surface area contributed by atoms with Crippen LogP contribution in [0, 0.1) is 0 Å². The van der Waals surface area contributed by atoms with Crippen molar-refractivity contribution in [1.82, 2.24) is 0 Å². The van der Waals surface area contributed by atoms with Crippen LogP contribution in [0.5, 0.6) is 0 Å². The van der Waals surface area contributed by atoms with Gasteiger partial charge in [-0.1, -0.05) is 68.4 Å². The number of benzene rings is 3. The standard InChI is InChI=1S/C21H21S.CHF3O3S/c1-17(2)20-15-9-10-16-21(20)22(18-11-5-3-6-12-18)19-13-7-4-8-14-19;2-1(3,4)8(5,6)7/h3-17H,1-2H3;(H,5,6,7)/q+1;/p-1. The maximum Gasteiger partial charge on any atom is 0.485 e. The predicted molar refractivity (Wildman–Crippen MR) is 111 cm³/mol. The lowest BCUT2D eigenvalue weighted by molar-refractivity contribution is -0.0517. The summed E-state index contributed by atoms with van der Waals surface area (Å²) in [7, 11) is -6.14. The van der Waals surface area contributed by atoms with Crippen LogP contribution in [-0.4, -0.2) is 18.5 Å². The molecule has 8 heteroatoms. The fraction of sp³-hybridized carbons (Fsp3) is 0.182. The lowest BCUT2D eigenvalue weighted by Crippen LogP contribution is -2.21. The van der Waals surface area contributed by atoms with E-state index >= 15 is 0 Å². The zero-order chi connectivity index (χ0) is 22.4. The second-order valence-corrected chi connectivity index (χ2v) is 9.89. The van der Waals surface area contributed by atoms with E-state index in [-0.39, 0.29) is 10.9 Å². The predicted octanol–water partition coefficient (Wildman–Crippen LogP) is 5.96. The molecule has 30 heavy (non-hydrogen) atoms. The van der Waals surface area contributed by atoms with Gasteiger partial charge < -0.3 is 4.55 Å². The molecule has 0 fully saturated rings. The highest BCUT2D eigenvalue weighted by molar-refractivity contribution is 7.97. The zero-order valence-electron chi connectivity index (χ0n) is 16.3. The number of halogens is 3. The summed E-state index contributed by atoms with van der Waals surface area (Å²) in [6.45, 7) is 4.55.